The highest BCUT2D eigenvalue weighted by Gasteiger charge is 2.39. The minimum Gasteiger partial charge on any atom is -0.392 e. The van der Waals surface area contributed by atoms with E-state index < -0.39 is 6.29 Å². The summed E-state index contributed by atoms with van der Waals surface area (Å²) in [5.41, 5.74) is 12.2. The molecule has 0 spiro atoms. The maximum absolute atomic E-state index is 9.56. The van der Waals surface area contributed by atoms with E-state index in [4.69, 9.17) is 15.2 Å². The molecule has 2 saturated heterocycles. The molecule has 0 amide bonds. The van der Waals surface area contributed by atoms with Gasteiger partial charge in [-0.3, -0.25) is 4.90 Å². The predicted octanol–water partition coefficient (Wildman–Crippen LogP) is 4.71. The topological polar surface area (TPSA) is 97.0 Å². The van der Waals surface area contributed by atoms with Crippen molar-refractivity contribution >= 4 is 5.95 Å². The van der Waals surface area contributed by atoms with Crippen molar-refractivity contribution < 1.29 is 14.6 Å². The third-order valence-electron chi connectivity index (χ3n) is 8.45. The molecule has 0 saturated carbocycles. The molecule has 4 atom stereocenters. The van der Waals surface area contributed by atoms with Gasteiger partial charge in [-0.2, -0.15) is 0 Å². The number of aliphatic hydroxyl groups excluding tert-OH is 1. The first-order valence-corrected chi connectivity index (χ1v) is 14.8. The lowest BCUT2D eigenvalue weighted by Crippen LogP contribution is -2.51. The molecule has 0 aliphatic carbocycles. The fourth-order valence-electron chi connectivity index (χ4n) is 5.88. The van der Waals surface area contributed by atoms with Crippen LogP contribution < -0.4 is 10.6 Å². The molecule has 3 aromatic carbocycles. The number of ether oxygens (including phenoxy) is 2. The van der Waals surface area contributed by atoms with Crippen molar-refractivity contribution in [3.8, 4) is 11.1 Å². The molecule has 3 heterocycles. The van der Waals surface area contributed by atoms with Crippen LogP contribution in [-0.4, -0.2) is 58.8 Å². The Balaban J connectivity index is 1.20. The number of piperazine rings is 1. The van der Waals surface area contributed by atoms with E-state index in [1.807, 2.05) is 30.3 Å². The van der Waals surface area contributed by atoms with Gasteiger partial charge in [-0.15, -0.1) is 0 Å². The quantitative estimate of drug-likeness (QED) is 0.317. The van der Waals surface area contributed by atoms with Crippen molar-refractivity contribution in [2.45, 2.75) is 38.6 Å². The monoisotopic (exact) mass is 565 g/mol. The maximum atomic E-state index is 9.56. The van der Waals surface area contributed by atoms with E-state index in [1.165, 1.54) is 0 Å². The number of aromatic nitrogens is 2. The summed E-state index contributed by atoms with van der Waals surface area (Å²) in [6, 6.07) is 26.7. The second-order valence-electron chi connectivity index (χ2n) is 11.2. The summed E-state index contributed by atoms with van der Waals surface area (Å²) in [5.74, 6) is 0.924. The van der Waals surface area contributed by atoms with E-state index >= 15 is 0 Å². The van der Waals surface area contributed by atoms with Crippen LogP contribution >= 0.6 is 0 Å². The molecule has 3 N–H and O–H groups in total. The smallest absolute Gasteiger partial charge is 0.225 e. The van der Waals surface area contributed by atoms with Crippen LogP contribution in [0.2, 0.25) is 0 Å². The lowest BCUT2D eigenvalue weighted by atomic mass is 9.89. The summed E-state index contributed by atoms with van der Waals surface area (Å²) in [7, 11) is 0. The predicted molar refractivity (Wildman–Crippen MR) is 163 cm³/mol. The Kier molecular flexibility index (Phi) is 8.88. The Morgan fingerprint density at radius 2 is 1.52 bits per heavy atom. The van der Waals surface area contributed by atoms with Crippen LogP contribution in [0, 0.1) is 5.92 Å². The largest absolute Gasteiger partial charge is 0.392 e. The molecule has 218 valence electrons. The molecule has 8 heteroatoms. The minimum absolute atomic E-state index is 0.0216. The zero-order chi connectivity index (χ0) is 28.9. The van der Waals surface area contributed by atoms with Crippen molar-refractivity contribution in [3.63, 3.8) is 0 Å². The van der Waals surface area contributed by atoms with E-state index in [-0.39, 0.29) is 24.7 Å². The van der Waals surface area contributed by atoms with Gasteiger partial charge in [0.25, 0.3) is 0 Å². The summed E-state index contributed by atoms with van der Waals surface area (Å²) >= 11 is 0. The molecule has 2 fully saturated rings. The van der Waals surface area contributed by atoms with Crippen LogP contribution in [0.25, 0.3) is 11.1 Å². The van der Waals surface area contributed by atoms with Gasteiger partial charge in [-0.05, 0) is 39.9 Å². The third kappa shape index (κ3) is 6.38. The number of rotatable bonds is 8. The lowest BCUT2D eigenvalue weighted by Gasteiger charge is -2.44. The van der Waals surface area contributed by atoms with Crippen LogP contribution in [0.3, 0.4) is 0 Å². The summed E-state index contributed by atoms with van der Waals surface area (Å²) in [6.45, 7) is 7.17. The van der Waals surface area contributed by atoms with E-state index in [0.29, 0.717) is 6.54 Å². The molecule has 6 rings (SSSR count). The maximum Gasteiger partial charge on any atom is 0.225 e. The fraction of sp³-hybridized carbons (Fsp3) is 0.353. The number of anilines is 1. The van der Waals surface area contributed by atoms with Crippen molar-refractivity contribution in [1.29, 1.82) is 0 Å². The molecule has 0 radical (unpaired) electrons. The van der Waals surface area contributed by atoms with E-state index in [9.17, 15) is 5.11 Å². The normalized spacial score (nSPS) is 23.2. The Labute approximate surface area is 247 Å². The van der Waals surface area contributed by atoms with Gasteiger partial charge in [0.05, 0.1) is 18.8 Å². The van der Waals surface area contributed by atoms with Gasteiger partial charge in [0.1, 0.15) is 0 Å². The Morgan fingerprint density at radius 1 is 0.810 bits per heavy atom. The van der Waals surface area contributed by atoms with Crippen LogP contribution in [-0.2, 0) is 22.6 Å². The average Bonchev–Trinajstić information content (AvgIpc) is 3.06. The number of aliphatic hydroxyl groups is 1. The summed E-state index contributed by atoms with van der Waals surface area (Å²) in [4.78, 5) is 13.6. The average molecular weight is 566 g/mol. The van der Waals surface area contributed by atoms with Crippen LogP contribution in [0.5, 0.6) is 0 Å². The Morgan fingerprint density at radius 3 is 2.21 bits per heavy atom. The molecule has 0 unspecified atom stereocenters. The summed E-state index contributed by atoms with van der Waals surface area (Å²) < 4.78 is 13.4. The number of nitrogens with zero attached hydrogens (tertiary/aromatic N) is 4. The number of hydrogen-bond donors (Lipinski definition) is 2. The van der Waals surface area contributed by atoms with Gasteiger partial charge in [-0.1, -0.05) is 73.7 Å². The zero-order valence-corrected chi connectivity index (χ0v) is 24.0. The summed E-state index contributed by atoms with van der Waals surface area (Å²) in [6.07, 6.45) is 2.94. The Hall–Kier alpha value is -3.66. The highest BCUT2D eigenvalue weighted by Crippen LogP contribution is 2.42. The highest BCUT2D eigenvalue weighted by molar-refractivity contribution is 5.64. The molecule has 2 aliphatic heterocycles. The first-order chi connectivity index (χ1) is 20.6. The van der Waals surface area contributed by atoms with Crippen molar-refractivity contribution in [3.05, 3.63) is 114 Å². The van der Waals surface area contributed by atoms with Gasteiger partial charge in [-0.25, -0.2) is 9.97 Å². The van der Waals surface area contributed by atoms with Crippen molar-refractivity contribution in [2.24, 2.45) is 11.7 Å². The van der Waals surface area contributed by atoms with Crippen LogP contribution in [0.15, 0.2) is 91.3 Å². The van der Waals surface area contributed by atoms with Crippen molar-refractivity contribution in [2.75, 3.05) is 37.6 Å². The van der Waals surface area contributed by atoms with E-state index in [2.05, 4.69) is 75.2 Å². The van der Waals surface area contributed by atoms with Gasteiger partial charge in [0, 0.05) is 63.1 Å². The second kappa shape index (κ2) is 13.1. The van der Waals surface area contributed by atoms with Gasteiger partial charge >= 0.3 is 0 Å². The standard InChI is InChI=1S/C34H39N5O3/c1-24-31(22-38-16-18-39(19-17-38)34-36-14-3-15-37-34)41-33(42-32(24)28-8-6-25(23-40)7-9-28)29-12-10-27(11-13-29)30-5-2-4-26(20-30)21-35/h2-15,20,24,31-33,40H,16-19,21-23,35H2,1H3/t24-,31+,32+,33+/m1/s1. The molecule has 42 heavy (non-hydrogen) atoms. The van der Waals surface area contributed by atoms with E-state index in [1.54, 1.807) is 12.4 Å². The Bertz CT molecular complexity index is 1430. The fourth-order valence-corrected chi connectivity index (χ4v) is 5.88. The SMILES string of the molecule is C[C@@H]1[C@H](CN2CCN(c3ncccn3)CC2)O[C@H](c2ccc(-c3cccc(CN)c3)cc2)O[C@@H]1c1ccc(CO)cc1. The van der Waals surface area contributed by atoms with Crippen LogP contribution in [0.1, 0.15) is 41.6 Å². The molecular formula is C34H39N5O3. The second-order valence-corrected chi connectivity index (χ2v) is 11.2. The van der Waals surface area contributed by atoms with Gasteiger partial charge in [0.15, 0.2) is 6.29 Å². The molecule has 2 aliphatic rings. The van der Waals surface area contributed by atoms with Crippen molar-refractivity contribution in [1.82, 2.24) is 14.9 Å². The number of hydrogen-bond acceptors (Lipinski definition) is 8. The minimum atomic E-state index is -0.489. The first kappa shape index (κ1) is 28.5. The first-order valence-electron chi connectivity index (χ1n) is 14.8. The lowest BCUT2D eigenvalue weighted by molar-refractivity contribution is -0.276. The van der Waals surface area contributed by atoms with Gasteiger partial charge in [0.2, 0.25) is 5.95 Å². The highest BCUT2D eigenvalue weighted by atomic mass is 16.7. The third-order valence-corrected chi connectivity index (χ3v) is 8.45. The van der Waals surface area contributed by atoms with Crippen LogP contribution in [0.4, 0.5) is 5.95 Å². The number of nitrogens with two attached hydrogens (primary N) is 1. The molecule has 8 nitrogen and oxygen atoms in total. The molecular weight excluding hydrogens is 526 g/mol. The zero-order valence-electron chi connectivity index (χ0n) is 24.0. The number of benzene rings is 3. The molecule has 4 aromatic rings. The molecule has 0 bridgehead atoms. The van der Waals surface area contributed by atoms with E-state index in [0.717, 1.165) is 72.1 Å². The summed E-state index contributed by atoms with van der Waals surface area (Å²) in [5, 5.41) is 9.56. The molecule has 1 aromatic heterocycles. The van der Waals surface area contributed by atoms with Gasteiger partial charge < -0.3 is 25.2 Å².